The quantitative estimate of drug-likeness (QED) is 0.455. The van der Waals surface area contributed by atoms with Crippen LogP contribution in [-0.2, 0) is 34.1 Å². The van der Waals surface area contributed by atoms with Gasteiger partial charge in [-0.25, -0.2) is 0 Å². The van der Waals surface area contributed by atoms with Gasteiger partial charge in [0.25, 0.3) is 0 Å². The number of hydrogen-bond acceptors (Lipinski definition) is 2. The van der Waals surface area contributed by atoms with Gasteiger partial charge >= 0.3 is 17.1 Å². The van der Waals surface area contributed by atoms with Crippen molar-refractivity contribution in [3.8, 4) is 0 Å². The van der Waals surface area contributed by atoms with Gasteiger partial charge in [0, 0.05) is 17.1 Å². The topological polar surface area (TPSA) is 60.0 Å². The van der Waals surface area contributed by atoms with Gasteiger partial charge in [0.2, 0.25) is 0 Å². The average Bonchev–Trinajstić information content (AvgIpc) is 0. The molecule has 0 fully saturated rings. The average molecular weight is 161 g/mol. The molecule has 0 atom stereocenters. The van der Waals surface area contributed by atoms with Crippen LogP contribution in [-0.4, -0.2) is 11.0 Å². The third kappa shape index (κ3) is 12.3. The van der Waals surface area contributed by atoms with E-state index in [1.807, 2.05) is 0 Å². The maximum Gasteiger partial charge on any atom is 2.00 e. The van der Waals surface area contributed by atoms with Gasteiger partial charge in [0.15, 0.2) is 0 Å². The van der Waals surface area contributed by atoms with E-state index in [2.05, 4.69) is 0 Å². The van der Waals surface area contributed by atoms with Gasteiger partial charge in [0.1, 0.15) is 0 Å². The van der Waals surface area contributed by atoms with Crippen LogP contribution in [0.15, 0.2) is 0 Å². The van der Waals surface area contributed by atoms with E-state index in [0.29, 0.717) is 0 Å². The van der Waals surface area contributed by atoms with Crippen molar-refractivity contribution in [2.45, 2.75) is 0 Å². The Hall–Kier alpha value is 0.959. The van der Waals surface area contributed by atoms with Crippen molar-refractivity contribution < 1.29 is 45.1 Å². The maximum atomic E-state index is 0. The fraction of sp³-hybridized carbons (Fsp3) is 0. The smallest absolute Gasteiger partial charge is 0.870 e. The van der Waals surface area contributed by atoms with Gasteiger partial charge in [-0.15, -0.1) is 0 Å². The van der Waals surface area contributed by atoms with Crippen molar-refractivity contribution in [3.63, 3.8) is 0 Å². The molecule has 2 nitrogen and oxygen atoms in total. The minimum Gasteiger partial charge on any atom is -0.870 e. The molecule has 36 valence electrons. The fourth-order valence-corrected chi connectivity index (χ4v) is 0. The second-order valence-corrected chi connectivity index (χ2v) is 0. The molecule has 0 saturated heterocycles. The Morgan fingerprint density at radius 3 is 0.750 bits per heavy atom. The number of hydrogen-bond donors (Lipinski definition) is 0. The Bertz CT molecular complexity index is 4.00. The predicted octanol–water partition coefficient (Wildman–Crippen LogP) is -0.359. The first-order valence-electron chi connectivity index (χ1n) is 0. The summed E-state index contributed by atoms with van der Waals surface area (Å²) in [5, 5.41) is 0. The summed E-state index contributed by atoms with van der Waals surface area (Å²) in [5.41, 5.74) is 0. The molecule has 0 aliphatic carbocycles. The van der Waals surface area contributed by atoms with Crippen LogP contribution in [0.4, 0.5) is 0 Å². The summed E-state index contributed by atoms with van der Waals surface area (Å²) in [7, 11) is 0. The first-order valence-corrected chi connectivity index (χ1v) is 0. The molecule has 0 rings (SSSR count). The van der Waals surface area contributed by atoms with E-state index in [-0.39, 0.29) is 45.1 Å². The van der Waals surface area contributed by atoms with Gasteiger partial charge in [0.05, 0.1) is 0 Å². The van der Waals surface area contributed by atoms with Crippen molar-refractivity contribution in [2.24, 2.45) is 0 Å². The summed E-state index contributed by atoms with van der Waals surface area (Å²) in [5.74, 6) is 0. The van der Waals surface area contributed by atoms with E-state index in [0.717, 1.165) is 0 Å². The van der Waals surface area contributed by atoms with Crippen LogP contribution in [0, 0.1) is 0 Å². The molecule has 0 bridgehead atoms. The van der Waals surface area contributed by atoms with Crippen LogP contribution in [0.25, 0.3) is 0 Å². The largest absolute Gasteiger partial charge is 2.00 e. The van der Waals surface area contributed by atoms with E-state index < -0.39 is 0 Å². The van der Waals surface area contributed by atoms with Gasteiger partial charge < -0.3 is 11.0 Å². The zero-order chi connectivity index (χ0) is 0. The Labute approximate surface area is 45.5 Å². The van der Waals surface area contributed by atoms with Gasteiger partial charge in [-0.3, -0.25) is 0 Å². The van der Waals surface area contributed by atoms with Crippen molar-refractivity contribution in [1.29, 1.82) is 0 Å². The molecule has 0 spiro atoms. The Kier molecular flexibility index (Phi) is 796. The molecule has 2 N–H and O–H groups in total. The van der Waals surface area contributed by atoms with E-state index >= 15 is 0 Å². The fourth-order valence-electron chi connectivity index (χ4n) is 0. The molecule has 2 radical (unpaired) electrons. The van der Waals surface area contributed by atoms with Gasteiger partial charge in [-0.05, 0) is 0 Å². The summed E-state index contributed by atoms with van der Waals surface area (Å²) < 4.78 is 0. The molecule has 0 aromatic rings. The normalized spacial score (nSPS) is 0. The Morgan fingerprint density at radius 2 is 0.750 bits per heavy atom. The predicted molar refractivity (Wildman–Crippen MR) is 3.87 cm³/mol. The number of rotatable bonds is 0. The molecule has 0 heterocycles. The van der Waals surface area contributed by atoms with Crippen LogP contribution < -0.4 is 0 Å². The molecule has 4 heavy (non-hydrogen) atoms. The SMILES string of the molecule is [Cu+2].[Cu].[OH-].[OH-]. The summed E-state index contributed by atoms with van der Waals surface area (Å²) in [6, 6.07) is 0. The maximum absolute atomic E-state index is 0. The van der Waals surface area contributed by atoms with Crippen LogP contribution in [0.5, 0.6) is 0 Å². The van der Waals surface area contributed by atoms with E-state index in [4.69, 9.17) is 0 Å². The van der Waals surface area contributed by atoms with Crippen LogP contribution in [0.3, 0.4) is 0 Å². The van der Waals surface area contributed by atoms with Crippen molar-refractivity contribution in [3.05, 3.63) is 0 Å². The molecule has 0 aromatic heterocycles. The first kappa shape index (κ1) is 84.5. The Morgan fingerprint density at radius 1 is 0.750 bits per heavy atom. The molecular weight excluding hydrogens is 159 g/mol. The zero-order valence-corrected chi connectivity index (χ0v) is 3.38. The monoisotopic (exact) mass is 160 g/mol. The third-order valence-corrected chi connectivity index (χ3v) is 0. The second kappa shape index (κ2) is 37.7. The molecule has 0 aliphatic heterocycles. The molecule has 0 saturated carbocycles. The summed E-state index contributed by atoms with van der Waals surface area (Å²) in [6.07, 6.45) is 0. The van der Waals surface area contributed by atoms with Crippen molar-refractivity contribution in [2.75, 3.05) is 0 Å². The first-order chi connectivity index (χ1) is 0. The molecule has 0 unspecified atom stereocenters. The van der Waals surface area contributed by atoms with Crippen LogP contribution in [0.1, 0.15) is 0 Å². The van der Waals surface area contributed by atoms with Crippen LogP contribution >= 0.6 is 0 Å². The van der Waals surface area contributed by atoms with Crippen molar-refractivity contribution >= 4 is 0 Å². The molecule has 4 heteroatoms. The second-order valence-electron chi connectivity index (χ2n) is 0. The zero-order valence-electron chi connectivity index (χ0n) is 1.50. The standard InChI is InChI=1S/2Cu.2H2O/h;;2*1H2/q;+2;;/p-2. The summed E-state index contributed by atoms with van der Waals surface area (Å²) in [4.78, 5) is 0. The van der Waals surface area contributed by atoms with E-state index in [1.54, 1.807) is 0 Å². The Balaban J connectivity index is 0. The molecular formula is H2Cu2O2. The minimum atomic E-state index is 0. The van der Waals surface area contributed by atoms with Gasteiger partial charge in [-0.2, -0.15) is 0 Å². The summed E-state index contributed by atoms with van der Waals surface area (Å²) in [6.45, 7) is 0. The minimum absolute atomic E-state index is 0. The summed E-state index contributed by atoms with van der Waals surface area (Å²) >= 11 is 0. The van der Waals surface area contributed by atoms with E-state index in [9.17, 15) is 0 Å². The van der Waals surface area contributed by atoms with Crippen molar-refractivity contribution in [1.82, 2.24) is 0 Å². The third-order valence-electron chi connectivity index (χ3n) is 0. The van der Waals surface area contributed by atoms with E-state index in [1.165, 1.54) is 0 Å². The molecule has 0 amide bonds. The van der Waals surface area contributed by atoms with Crippen LogP contribution in [0.2, 0.25) is 0 Å². The van der Waals surface area contributed by atoms with Gasteiger partial charge in [-0.1, -0.05) is 0 Å². The molecule has 0 aliphatic rings. The molecule has 0 aromatic carbocycles.